The molecule has 0 saturated carbocycles. The molecule has 0 aliphatic rings. The molecule has 0 aliphatic heterocycles. The van der Waals surface area contributed by atoms with Crippen molar-refractivity contribution in [2.24, 2.45) is 0 Å². The molecule has 0 radical (unpaired) electrons. The Kier molecular flexibility index (Phi) is 4.17. The van der Waals surface area contributed by atoms with Crippen molar-refractivity contribution in [1.29, 1.82) is 0 Å². The van der Waals surface area contributed by atoms with E-state index in [1.165, 1.54) is 6.08 Å². The Morgan fingerprint density at radius 1 is 1.54 bits per heavy atom. The Hall–Kier alpha value is -1.32. The lowest BCUT2D eigenvalue weighted by atomic mass is 10.2. The van der Waals surface area contributed by atoms with Crippen LogP contribution in [-0.2, 0) is 9.53 Å². The van der Waals surface area contributed by atoms with Gasteiger partial charge in [-0.1, -0.05) is 6.08 Å². The Bertz CT molecular complexity index is 197. The predicted molar refractivity (Wildman–Crippen MR) is 49.4 cm³/mol. The van der Waals surface area contributed by atoms with E-state index in [4.69, 9.17) is 4.74 Å². The Morgan fingerprint density at radius 3 is 2.38 bits per heavy atom. The van der Waals surface area contributed by atoms with Gasteiger partial charge in [-0.15, -0.1) is 6.58 Å². The molecule has 0 unspecified atom stereocenters. The number of carbonyl (C=O) groups excluding carboxylic acids is 2. The highest BCUT2D eigenvalue weighted by molar-refractivity contribution is 5.74. The molecule has 0 aromatic rings. The van der Waals surface area contributed by atoms with Gasteiger partial charge in [-0.05, 0) is 20.8 Å². The van der Waals surface area contributed by atoms with Crippen molar-refractivity contribution in [1.82, 2.24) is 5.32 Å². The Morgan fingerprint density at radius 2 is 2.08 bits per heavy atom. The molecule has 0 aromatic heterocycles. The van der Waals surface area contributed by atoms with Crippen LogP contribution in [0.2, 0.25) is 0 Å². The third kappa shape index (κ3) is 5.90. The smallest absolute Gasteiger partial charge is 0.408 e. The standard InChI is InChI=1S/C9H15NO3/c1-5-7(6-11)10-8(12)13-9(2,3)4/h5-7H,1H2,2-4H3,(H,10,12)/t7-/m0/s1. The van der Waals surface area contributed by atoms with E-state index in [0.29, 0.717) is 6.29 Å². The predicted octanol–water partition coefficient (Wildman–Crippen LogP) is 1.26. The number of rotatable bonds is 3. The second-order valence-corrected chi connectivity index (χ2v) is 3.54. The molecule has 1 atom stereocenters. The largest absolute Gasteiger partial charge is 0.444 e. The summed E-state index contributed by atoms with van der Waals surface area (Å²) in [6, 6.07) is -0.685. The van der Waals surface area contributed by atoms with E-state index in [-0.39, 0.29) is 0 Å². The zero-order valence-corrected chi connectivity index (χ0v) is 8.16. The molecule has 0 aromatic carbocycles. The molecule has 0 rings (SSSR count). The van der Waals surface area contributed by atoms with Gasteiger partial charge in [-0.3, -0.25) is 0 Å². The lowest BCUT2D eigenvalue weighted by Gasteiger charge is -2.20. The SMILES string of the molecule is C=C[C@@H](C=O)NC(=O)OC(C)(C)C. The fourth-order valence-electron chi connectivity index (χ4n) is 0.592. The molecular weight excluding hydrogens is 170 g/mol. The van der Waals surface area contributed by atoms with E-state index in [1.54, 1.807) is 20.8 Å². The summed E-state index contributed by atoms with van der Waals surface area (Å²) in [6.07, 6.45) is 1.29. The van der Waals surface area contributed by atoms with Crippen LogP contribution in [0.5, 0.6) is 0 Å². The van der Waals surface area contributed by atoms with Gasteiger partial charge in [0, 0.05) is 0 Å². The van der Waals surface area contributed by atoms with E-state index in [2.05, 4.69) is 11.9 Å². The van der Waals surface area contributed by atoms with Gasteiger partial charge in [-0.2, -0.15) is 0 Å². The lowest BCUT2D eigenvalue weighted by molar-refractivity contribution is -0.108. The lowest BCUT2D eigenvalue weighted by Crippen LogP contribution is -2.38. The average molecular weight is 185 g/mol. The first-order valence-electron chi connectivity index (χ1n) is 3.96. The molecule has 0 heterocycles. The van der Waals surface area contributed by atoms with Crippen molar-refractivity contribution in [2.45, 2.75) is 32.4 Å². The topological polar surface area (TPSA) is 55.4 Å². The van der Waals surface area contributed by atoms with Crippen LogP contribution in [0.3, 0.4) is 0 Å². The summed E-state index contributed by atoms with van der Waals surface area (Å²) in [6.45, 7) is 8.62. The molecule has 0 spiro atoms. The number of amides is 1. The van der Waals surface area contributed by atoms with Gasteiger partial charge >= 0.3 is 6.09 Å². The molecular formula is C9H15NO3. The number of ether oxygens (including phenoxy) is 1. The van der Waals surface area contributed by atoms with Crippen molar-refractivity contribution in [2.75, 3.05) is 0 Å². The molecule has 4 heteroatoms. The number of hydrogen-bond donors (Lipinski definition) is 1. The van der Waals surface area contributed by atoms with Gasteiger partial charge in [0.05, 0.1) is 0 Å². The van der Waals surface area contributed by atoms with E-state index >= 15 is 0 Å². The number of hydrogen-bond acceptors (Lipinski definition) is 3. The molecule has 0 fully saturated rings. The number of aldehydes is 1. The molecule has 1 amide bonds. The van der Waals surface area contributed by atoms with E-state index < -0.39 is 17.7 Å². The fourth-order valence-corrected chi connectivity index (χ4v) is 0.592. The molecule has 0 saturated heterocycles. The minimum Gasteiger partial charge on any atom is -0.444 e. The fraction of sp³-hybridized carbons (Fsp3) is 0.556. The summed E-state index contributed by atoms with van der Waals surface area (Å²) in [5.41, 5.74) is -0.557. The van der Waals surface area contributed by atoms with Crippen LogP contribution in [0, 0.1) is 0 Å². The summed E-state index contributed by atoms with van der Waals surface area (Å²) in [5.74, 6) is 0. The normalized spacial score (nSPS) is 12.8. The highest BCUT2D eigenvalue weighted by Crippen LogP contribution is 2.06. The maximum absolute atomic E-state index is 11.0. The first-order valence-corrected chi connectivity index (χ1v) is 3.96. The third-order valence-corrected chi connectivity index (χ3v) is 1.08. The van der Waals surface area contributed by atoms with Crippen LogP contribution in [0.1, 0.15) is 20.8 Å². The quantitative estimate of drug-likeness (QED) is 0.532. The van der Waals surface area contributed by atoms with Gasteiger partial charge in [0.2, 0.25) is 0 Å². The number of nitrogens with one attached hydrogen (secondary N) is 1. The maximum Gasteiger partial charge on any atom is 0.408 e. The monoisotopic (exact) mass is 185 g/mol. The van der Waals surface area contributed by atoms with E-state index in [0.717, 1.165) is 0 Å². The Balaban J connectivity index is 4.00. The van der Waals surface area contributed by atoms with Crippen molar-refractivity contribution in [3.8, 4) is 0 Å². The average Bonchev–Trinajstić information content (AvgIpc) is 1.96. The summed E-state index contributed by atoms with van der Waals surface area (Å²) < 4.78 is 4.92. The van der Waals surface area contributed by atoms with Crippen LogP contribution in [0.4, 0.5) is 4.79 Å². The van der Waals surface area contributed by atoms with E-state index in [1.807, 2.05) is 0 Å². The van der Waals surface area contributed by atoms with Crippen LogP contribution >= 0.6 is 0 Å². The van der Waals surface area contributed by atoms with Crippen molar-refractivity contribution in [3.05, 3.63) is 12.7 Å². The minimum atomic E-state index is -0.685. The molecule has 13 heavy (non-hydrogen) atoms. The van der Waals surface area contributed by atoms with Crippen LogP contribution in [-0.4, -0.2) is 24.0 Å². The van der Waals surface area contributed by atoms with Crippen molar-refractivity contribution in [3.63, 3.8) is 0 Å². The first kappa shape index (κ1) is 11.7. The van der Waals surface area contributed by atoms with Crippen LogP contribution < -0.4 is 5.32 Å². The van der Waals surface area contributed by atoms with Gasteiger partial charge in [-0.25, -0.2) is 4.79 Å². The van der Waals surface area contributed by atoms with Gasteiger partial charge < -0.3 is 14.8 Å². The van der Waals surface area contributed by atoms with Gasteiger partial charge in [0.15, 0.2) is 0 Å². The zero-order valence-electron chi connectivity index (χ0n) is 8.16. The van der Waals surface area contributed by atoms with Crippen molar-refractivity contribution < 1.29 is 14.3 Å². The summed E-state index contributed by atoms with van der Waals surface area (Å²) in [4.78, 5) is 21.3. The minimum absolute atomic E-state index is 0.557. The highest BCUT2D eigenvalue weighted by Gasteiger charge is 2.17. The molecule has 0 bridgehead atoms. The molecule has 4 nitrogen and oxygen atoms in total. The second-order valence-electron chi connectivity index (χ2n) is 3.54. The first-order chi connectivity index (χ1) is 5.89. The summed E-state index contributed by atoms with van der Waals surface area (Å²) in [5, 5.41) is 2.33. The summed E-state index contributed by atoms with van der Waals surface area (Å²) in [7, 11) is 0. The Labute approximate surface area is 78.0 Å². The highest BCUT2D eigenvalue weighted by atomic mass is 16.6. The zero-order chi connectivity index (χ0) is 10.5. The van der Waals surface area contributed by atoms with Gasteiger partial charge in [0.25, 0.3) is 0 Å². The third-order valence-electron chi connectivity index (χ3n) is 1.08. The van der Waals surface area contributed by atoms with Gasteiger partial charge in [0.1, 0.15) is 17.9 Å². The number of carbonyl (C=O) groups is 2. The summed E-state index contributed by atoms with van der Waals surface area (Å²) >= 11 is 0. The maximum atomic E-state index is 11.0. The number of alkyl carbamates (subject to hydrolysis) is 1. The van der Waals surface area contributed by atoms with Crippen LogP contribution in [0.15, 0.2) is 12.7 Å². The molecule has 0 aliphatic carbocycles. The van der Waals surface area contributed by atoms with Crippen LogP contribution in [0.25, 0.3) is 0 Å². The second kappa shape index (κ2) is 4.64. The van der Waals surface area contributed by atoms with E-state index in [9.17, 15) is 9.59 Å². The van der Waals surface area contributed by atoms with Crippen molar-refractivity contribution >= 4 is 12.4 Å². The molecule has 1 N–H and O–H groups in total. The molecule has 74 valence electrons.